The molecule has 0 unspecified atom stereocenters. The Morgan fingerprint density at radius 2 is 2.00 bits per heavy atom. The summed E-state index contributed by atoms with van der Waals surface area (Å²) < 4.78 is 6.85. The lowest BCUT2D eigenvalue weighted by Crippen LogP contribution is -2.42. The molecule has 0 bridgehead atoms. The SMILES string of the molecule is Cc1ccc2nc(COC(=O)[C@@H]3CSCN3C(=O)c3ccccc3)cc(=O)n2c1. The Hall–Kier alpha value is -3.13. The number of carbonyl (C=O) groups excluding carboxylic acids is 2. The van der Waals surface area contributed by atoms with Gasteiger partial charge < -0.3 is 9.64 Å². The minimum absolute atomic E-state index is 0.118. The van der Waals surface area contributed by atoms with Gasteiger partial charge in [0.15, 0.2) is 0 Å². The fraction of sp³-hybridized carbons (Fsp3) is 0.238. The van der Waals surface area contributed by atoms with E-state index in [1.807, 2.05) is 19.1 Å². The summed E-state index contributed by atoms with van der Waals surface area (Å²) in [5.41, 5.74) is 2.11. The molecule has 29 heavy (non-hydrogen) atoms. The minimum atomic E-state index is -0.656. The molecule has 1 atom stereocenters. The van der Waals surface area contributed by atoms with E-state index in [2.05, 4.69) is 4.98 Å². The number of hydrogen-bond donors (Lipinski definition) is 0. The van der Waals surface area contributed by atoms with Gasteiger partial charge in [-0.3, -0.25) is 14.0 Å². The fourth-order valence-corrected chi connectivity index (χ4v) is 4.30. The number of aromatic nitrogens is 2. The van der Waals surface area contributed by atoms with Gasteiger partial charge in [-0.15, -0.1) is 11.8 Å². The van der Waals surface area contributed by atoms with Gasteiger partial charge in [0.25, 0.3) is 11.5 Å². The second-order valence-electron chi connectivity index (χ2n) is 6.78. The molecule has 1 saturated heterocycles. The van der Waals surface area contributed by atoms with E-state index in [-0.39, 0.29) is 18.1 Å². The number of pyridine rings is 1. The van der Waals surface area contributed by atoms with E-state index in [1.165, 1.54) is 27.1 Å². The van der Waals surface area contributed by atoms with Gasteiger partial charge in [0.05, 0.1) is 11.6 Å². The van der Waals surface area contributed by atoms with Crippen molar-refractivity contribution in [2.24, 2.45) is 0 Å². The molecule has 0 saturated carbocycles. The standard InChI is InChI=1S/C21H19N3O4S/c1-14-7-8-18-22-16(9-19(25)23(18)10-14)11-28-21(27)17-12-29-13-24(17)20(26)15-5-3-2-4-6-15/h2-10,17H,11-13H2,1H3/t17-/m0/s1. The Balaban J connectivity index is 1.46. The molecule has 2 aromatic heterocycles. The van der Waals surface area contributed by atoms with Crippen molar-refractivity contribution in [3.8, 4) is 0 Å². The number of amides is 1. The normalized spacial score (nSPS) is 16.2. The number of ether oxygens (including phenoxy) is 1. The van der Waals surface area contributed by atoms with Crippen molar-refractivity contribution < 1.29 is 14.3 Å². The maximum Gasteiger partial charge on any atom is 0.330 e. The van der Waals surface area contributed by atoms with Crippen LogP contribution in [-0.4, -0.2) is 43.8 Å². The van der Waals surface area contributed by atoms with E-state index in [0.717, 1.165) is 5.56 Å². The third-order valence-corrected chi connectivity index (χ3v) is 5.67. The molecular formula is C21H19N3O4S. The van der Waals surface area contributed by atoms with Crippen molar-refractivity contribution >= 4 is 29.3 Å². The van der Waals surface area contributed by atoms with Crippen LogP contribution in [0.4, 0.5) is 0 Å². The average Bonchev–Trinajstić information content (AvgIpc) is 3.22. The predicted molar refractivity (Wildman–Crippen MR) is 110 cm³/mol. The summed E-state index contributed by atoms with van der Waals surface area (Å²) in [6.07, 6.45) is 1.71. The first kappa shape index (κ1) is 19.2. The van der Waals surface area contributed by atoms with Crippen LogP contribution in [0.2, 0.25) is 0 Å². The van der Waals surface area contributed by atoms with Crippen LogP contribution in [0.1, 0.15) is 21.6 Å². The number of aryl methyl sites for hydroxylation is 1. The molecule has 0 N–H and O–H groups in total. The topological polar surface area (TPSA) is 81.0 Å². The summed E-state index contributed by atoms with van der Waals surface area (Å²) >= 11 is 1.50. The van der Waals surface area contributed by atoms with Crippen LogP contribution in [0.5, 0.6) is 0 Å². The minimum Gasteiger partial charge on any atom is -0.458 e. The molecular weight excluding hydrogens is 390 g/mol. The summed E-state index contributed by atoms with van der Waals surface area (Å²) in [4.78, 5) is 43.5. The first-order chi connectivity index (χ1) is 14.0. The van der Waals surface area contributed by atoms with Crippen molar-refractivity contribution in [1.82, 2.24) is 14.3 Å². The maximum absolute atomic E-state index is 12.7. The molecule has 0 aliphatic carbocycles. The van der Waals surface area contributed by atoms with E-state index >= 15 is 0 Å². The van der Waals surface area contributed by atoms with E-state index in [4.69, 9.17) is 4.74 Å². The van der Waals surface area contributed by atoms with E-state index in [9.17, 15) is 14.4 Å². The van der Waals surface area contributed by atoms with Crippen molar-refractivity contribution in [2.75, 3.05) is 11.6 Å². The molecule has 0 spiro atoms. The lowest BCUT2D eigenvalue weighted by molar-refractivity contribution is -0.149. The summed E-state index contributed by atoms with van der Waals surface area (Å²) in [5.74, 6) is 0.215. The fourth-order valence-electron chi connectivity index (χ4n) is 3.16. The van der Waals surface area contributed by atoms with Crippen LogP contribution in [0.3, 0.4) is 0 Å². The Morgan fingerprint density at radius 3 is 2.79 bits per heavy atom. The number of nitrogens with zero attached hydrogens (tertiary/aromatic N) is 3. The Bertz CT molecular complexity index is 1130. The summed E-state index contributed by atoms with van der Waals surface area (Å²) in [7, 11) is 0. The van der Waals surface area contributed by atoms with Gasteiger partial charge >= 0.3 is 5.97 Å². The summed E-state index contributed by atoms with van der Waals surface area (Å²) in [6, 6.07) is 13.2. The molecule has 0 radical (unpaired) electrons. The van der Waals surface area contributed by atoms with Crippen molar-refractivity contribution in [2.45, 2.75) is 19.6 Å². The van der Waals surface area contributed by atoms with E-state index in [0.29, 0.717) is 28.5 Å². The molecule has 1 fully saturated rings. The highest BCUT2D eigenvalue weighted by atomic mass is 32.2. The molecule has 4 rings (SSSR count). The van der Waals surface area contributed by atoms with Gasteiger partial charge in [-0.2, -0.15) is 0 Å². The van der Waals surface area contributed by atoms with E-state index < -0.39 is 12.0 Å². The molecule has 8 heteroatoms. The molecule has 1 aromatic carbocycles. The monoisotopic (exact) mass is 409 g/mol. The van der Waals surface area contributed by atoms with E-state index in [1.54, 1.807) is 36.5 Å². The molecule has 1 amide bonds. The third kappa shape index (κ3) is 4.02. The quantitative estimate of drug-likeness (QED) is 0.615. The Kier molecular flexibility index (Phi) is 5.35. The lowest BCUT2D eigenvalue weighted by Gasteiger charge is -2.22. The Labute approximate surface area is 171 Å². The van der Waals surface area contributed by atoms with Gasteiger partial charge in [0.1, 0.15) is 18.3 Å². The highest BCUT2D eigenvalue weighted by Gasteiger charge is 2.36. The smallest absolute Gasteiger partial charge is 0.330 e. The van der Waals surface area contributed by atoms with Gasteiger partial charge in [-0.25, -0.2) is 9.78 Å². The zero-order chi connectivity index (χ0) is 20.4. The van der Waals surface area contributed by atoms with Crippen LogP contribution in [0.15, 0.2) is 59.5 Å². The maximum atomic E-state index is 12.7. The largest absolute Gasteiger partial charge is 0.458 e. The predicted octanol–water partition coefficient (Wildman–Crippen LogP) is 2.26. The number of hydrogen-bond acceptors (Lipinski definition) is 6. The van der Waals surface area contributed by atoms with Crippen LogP contribution < -0.4 is 5.56 Å². The zero-order valence-corrected chi connectivity index (χ0v) is 16.6. The molecule has 7 nitrogen and oxygen atoms in total. The highest BCUT2D eigenvalue weighted by Crippen LogP contribution is 2.24. The van der Waals surface area contributed by atoms with Crippen LogP contribution >= 0.6 is 11.8 Å². The second kappa shape index (κ2) is 8.08. The molecule has 3 aromatic rings. The van der Waals surface area contributed by atoms with Crippen LogP contribution in [0, 0.1) is 6.92 Å². The van der Waals surface area contributed by atoms with Gasteiger partial charge in [-0.1, -0.05) is 24.3 Å². The first-order valence-corrected chi connectivity index (χ1v) is 10.3. The van der Waals surface area contributed by atoms with Crippen molar-refractivity contribution in [3.05, 3.63) is 81.9 Å². The molecule has 1 aliphatic heterocycles. The second-order valence-corrected chi connectivity index (χ2v) is 7.78. The summed E-state index contributed by atoms with van der Waals surface area (Å²) in [5, 5.41) is 0. The van der Waals surface area contributed by atoms with Crippen LogP contribution in [0.25, 0.3) is 5.65 Å². The van der Waals surface area contributed by atoms with Crippen molar-refractivity contribution in [1.29, 1.82) is 0 Å². The number of esters is 1. The van der Waals surface area contributed by atoms with Crippen molar-refractivity contribution in [3.63, 3.8) is 0 Å². The summed E-state index contributed by atoms with van der Waals surface area (Å²) in [6.45, 7) is 1.77. The molecule has 148 valence electrons. The van der Waals surface area contributed by atoms with Gasteiger partial charge in [0.2, 0.25) is 0 Å². The van der Waals surface area contributed by atoms with Gasteiger partial charge in [-0.05, 0) is 30.7 Å². The number of rotatable bonds is 4. The number of thioether (sulfide) groups is 1. The third-order valence-electron chi connectivity index (χ3n) is 4.66. The molecule has 1 aliphatic rings. The Morgan fingerprint density at radius 1 is 1.21 bits per heavy atom. The average molecular weight is 409 g/mol. The number of benzene rings is 1. The number of carbonyl (C=O) groups is 2. The van der Waals surface area contributed by atoms with Gasteiger partial charge in [0, 0.05) is 23.6 Å². The van der Waals surface area contributed by atoms with Crippen LogP contribution in [-0.2, 0) is 16.1 Å². The lowest BCUT2D eigenvalue weighted by atomic mass is 10.2. The highest BCUT2D eigenvalue weighted by molar-refractivity contribution is 7.99. The number of fused-ring (bicyclic) bond motifs is 1. The first-order valence-electron chi connectivity index (χ1n) is 9.12. The zero-order valence-electron chi connectivity index (χ0n) is 15.8. The molecule has 3 heterocycles.